The lowest BCUT2D eigenvalue weighted by Gasteiger charge is -2.11. The second-order valence-electron chi connectivity index (χ2n) is 4.40. The average molecular weight is 366 g/mol. The van der Waals surface area contributed by atoms with E-state index in [1.807, 2.05) is 30.3 Å². The van der Waals surface area contributed by atoms with E-state index in [9.17, 15) is 4.79 Å². The van der Waals surface area contributed by atoms with Crippen LogP contribution in [0.4, 0.5) is 0 Å². The molecule has 98 valence electrons. The van der Waals surface area contributed by atoms with Crippen LogP contribution in [0.3, 0.4) is 0 Å². The van der Waals surface area contributed by atoms with Gasteiger partial charge >= 0.3 is 0 Å². The molecule has 2 nitrogen and oxygen atoms in total. The molecule has 0 aliphatic rings. The first-order valence-corrected chi connectivity index (χ1v) is 7.14. The Bertz CT molecular complexity index is 591. The van der Waals surface area contributed by atoms with Gasteiger partial charge in [0.1, 0.15) is 5.75 Å². The van der Waals surface area contributed by atoms with Gasteiger partial charge in [0.15, 0.2) is 12.4 Å². The van der Waals surface area contributed by atoms with Crippen molar-refractivity contribution in [3.8, 4) is 5.75 Å². The summed E-state index contributed by atoms with van der Waals surface area (Å²) in [5.41, 5.74) is 3.11. The van der Waals surface area contributed by atoms with Crippen LogP contribution in [0.2, 0.25) is 0 Å². The number of benzene rings is 2. The lowest BCUT2D eigenvalue weighted by atomic mass is 10.1. The van der Waals surface area contributed by atoms with E-state index in [1.165, 1.54) is 11.1 Å². The lowest BCUT2D eigenvalue weighted by molar-refractivity contribution is 0.0921. The molecule has 0 saturated heterocycles. The first-order valence-electron chi connectivity index (χ1n) is 6.06. The second kappa shape index (κ2) is 6.19. The van der Waals surface area contributed by atoms with Crippen molar-refractivity contribution < 1.29 is 9.53 Å². The zero-order valence-corrected chi connectivity index (χ0v) is 13.1. The van der Waals surface area contributed by atoms with E-state index in [4.69, 9.17) is 4.74 Å². The van der Waals surface area contributed by atoms with Gasteiger partial charge in [-0.25, -0.2) is 0 Å². The van der Waals surface area contributed by atoms with Crippen molar-refractivity contribution in [3.05, 3.63) is 62.7 Å². The van der Waals surface area contributed by atoms with Gasteiger partial charge in [0.05, 0.1) is 3.57 Å². The monoisotopic (exact) mass is 366 g/mol. The van der Waals surface area contributed by atoms with Crippen molar-refractivity contribution in [1.29, 1.82) is 0 Å². The van der Waals surface area contributed by atoms with E-state index in [2.05, 4.69) is 36.4 Å². The molecule has 3 heteroatoms. The summed E-state index contributed by atoms with van der Waals surface area (Å²) in [5, 5.41) is 0. The van der Waals surface area contributed by atoms with Crippen LogP contribution in [0.5, 0.6) is 5.75 Å². The first-order chi connectivity index (χ1) is 9.09. The van der Waals surface area contributed by atoms with Gasteiger partial charge in [-0.2, -0.15) is 0 Å². The Hall–Kier alpha value is -1.36. The second-order valence-corrected chi connectivity index (χ2v) is 5.48. The highest BCUT2D eigenvalue weighted by Gasteiger charge is 2.10. The standard InChI is InChI=1S/C16H15IO2/c1-11-8-9-15(16(17)12(11)2)19-10-14(18)13-6-4-3-5-7-13/h3-9H,10H2,1-2H3. The first kappa shape index (κ1) is 14.1. The largest absolute Gasteiger partial charge is 0.484 e. The summed E-state index contributed by atoms with van der Waals surface area (Å²) in [6.45, 7) is 4.20. The number of halogens is 1. The van der Waals surface area contributed by atoms with Crippen molar-refractivity contribution in [2.75, 3.05) is 6.61 Å². The Kier molecular flexibility index (Phi) is 4.58. The molecule has 0 aliphatic carbocycles. The number of rotatable bonds is 4. The minimum absolute atomic E-state index is 0.00497. The molecule has 2 rings (SSSR count). The van der Waals surface area contributed by atoms with E-state index in [-0.39, 0.29) is 12.4 Å². The fraction of sp³-hybridized carbons (Fsp3) is 0.188. The molecular weight excluding hydrogens is 351 g/mol. The summed E-state index contributed by atoms with van der Waals surface area (Å²) in [4.78, 5) is 12.0. The van der Waals surface area contributed by atoms with Crippen LogP contribution in [-0.4, -0.2) is 12.4 Å². The molecule has 0 fully saturated rings. The third kappa shape index (κ3) is 3.35. The lowest BCUT2D eigenvalue weighted by Crippen LogP contribution is -2.12. The molecule has 0 N–H and O–H groups in total. The molecule has 0 aromatic heterocycles. The third-order valence-electron chi connectivity index (χ3n) is 3.08. The molecule has 0 saturated carbocycles. The van der Waals surface area contributed by atoms with Crippen LogP contribution in [-0.2, 0) is 0 Å². The highest BCUT2D eigenvalue weighted by atomic mass is 127. The van der Waals surface area contributed by atoms with Crippen LogP contribution >= 0.6 is 22.6 Å². The Morgan fingerprint density at radius 1 is 1.11 bits per heavy atom. The molecule has 19 heavy (non-hydrogen) atoms. The van der Waals surface area contributed by atoms with Gasteiger partial charge in [-0.15, -0.1) is 0 Å². The molecule has 0 radical (unpaired) electrons. The average Bonchev–Trinajstić information content (AvgIpc) is 2.45. The number of carbonyl (C=O) groups is 1. The summed E-state index contributed by atoms with van der Waals surface area (Å²) in [6.07, 6.45) is 0. The van der Waals surface area contributed by atoms with Crippen LogP contribution < -0.4 is 4.74 Å². The molecule has 0 unspecified atom stereocenters. The quantitative estimate of drug-likeness (QED) is 0.600. The Balaban J connectivity index is 2.08. The molecule has 0 spiro atoms. The highest BCUT2D eigenvalue weighted by molar-refractivity contribution is 14.1. The molecule has 0 bridgehead atoms. The van der Waals surface area contributed by atoms with Gasteiger partial charge in [0.2, 0.25) is 0 Å². The highest BCUT2D eigenvalue weighted by Crippen LogP contribution is 2.26. The summed E-state index contributed by atoms with van der Waals surface area (Å²) >= 11 is 2.26. The summed E-state index contributed by atoms with van der Waals surface area (Å²) < 4.78 is 6.70. The predicted octanol–water partition coefficient (Wildman–Crippen LogP) is 4.17. The summed E-state index contributed by atoms with van der Waals surface area (Å²) in [6, 6.07) is 13.1. The molecule has 2 aromatic rings. The summed E-state index contributed by atoms with van der Waals surface area (Å²) in [5.74, 6) is 0.766. The molecule has 0 aliphatic heterocycles. The predicted molar refractivity (Wildman–Crippen MR) is 84.9 cm³/mol. The number of aryl methyl sites for hydroxylation is 1. The van der Waals surface area contributed by atoms with Gasteiger partial charge < -0.3 is 4.74 Å². The topological polar surface area (TPSA) is 26.3 Å². The van der Waals surface area contributed by atoms with Crippen LogP contribution in [0.1, 0.15) is 21.5 Å². The van der Waals surface area contributed by atoms with E-state index < -0.39 is 0 Å². The fourth-order valence-corrected chi connectivity index (χ4v) is 2.48. The Morgan fingerprint density at radius 3 is 2.47 bits per heavy atom. The molecule has 0 atom stereocenters. The minimum Gasteiger partial charge on any atom is -0.484 e. The molecule has 0 amide bonds. The normalized spacial score (nSPS) is 10.3. The van der Waals surface area contributed by atoms with Crippen molar-refractivity contribution >= 4 is 28.4 Å². The molecule has 0 heterocycles. The van der Waals surface area contributed by atoms with Crippen molar-refractivity contribution in [2.24, 2.45) is 0 Å². The molecular formula is C16H15IO2. The number of ketones is 1. The molecule has 2 aromatic carbocycles. The number of ether oxygens (including phenoxy) is 1. The van der Waals surface area contributed by atoms with Gasteiger partial charge in [0.25, 0.3) is 0 Å². The maximum Gasteiger partial charge on any atom is 0.200 e. The van der Waals surface area contributed by atoms with E-state index in [0.29, 0.717) is 5.56 Å². The van der Waals surface area contributed by atoms with Crippen molar-refractivity contribution in [2.45, 2.75) is 13.8 Å². The third-order valence-corrected chi connectivity index (χ3v) is 4.42. The number of hydrogen-bond acceptors (Lipinski definition) is 2. The van der Waals surface area contributed by atoms with Gasteiger partial charge in [-0.3, -0.25) is 4.79 Å². The SMILES string of the molecule is Cc1ccc(OCC(=O)c2ccccc2)c(I)c1C. The van der Waals surface area contributed by atoms with E-state index in [1.54, 1.807) is 12.1 Å². The Morgan fingerprint density at radius 2 is 1.79 bits per heavy atom. The number of carbonyl (C=O) groups excluding carboxylic acids is 1. The minimum atomic E-state index is -0.00497. The zero-order chi connectivity index (χ0) is 13.8. The fourth-order valence-electron chi connectivity index (χ4n) is 1.72. The summed E-state index contributed by atoms with van der Waals surface area (Å²) in [7, 11) is 0. The number of hydrogen-bond donors (Lipinski definition) is 0. The maximum atomic E-state index is 12.0. The smallest absolute Gasteiger partial charge is 0.200 e. The zero-order valence-electron chi connectivity index (χ0n) is 10.9. The number of Topliss-reactive ketones (excluding diaryl/α,β-unsaturated/α-hetero) is 1. The van der Waals surface area contributed by atoms with Crippen LogP contribution in [0.15, 0.2) is 42.5 Å². The van der Waals surface area contributed by atoms with Gasteiger partial charge in [-0.05, 0) is 53.6 Å². The van der Waals surface area contributed by atoms with Crippen molar-refractivity contribution in [3.63, 3.8) is 0 Å². The van der Waals surface area contributed by atoms with Crippen molar-refractivity contribution in [1.82, 2.24) is 0 Å². The maximum absolute atomic E-state index is 12.0. The Labute approximate surface area is 126 Å². The van der Waals surface area contributed by atoms with Crippen LogP contribution in [0.25, 0.3) is 0 Å². The van der Waals surface area contributed by atoms with E-state index >= 15 is 0 Å². The van der Waals surface area contributed by atoms with Gasteiger partial charge in [-0.1, -0.05) is 36.4 Å². The van der Waals surface area contributed by atoms with Crippen LogP contribution in [0, 0.1) is 17.4 Å². The van der Waals surface area contributed by atoms with Gasteiger partial charge in [0, 0.05) is 5.56 Å². The van der Waals surface area contributed by atoms with E-state index in [0.717, 1.165) is 9.32 Å².